The molecule has 108 valence electrons. The Morgan fingerprint density at radius 3 is 2.74 bits per heavy atom. The molecule has 1 amide bonds. The maximum Gasteiger partial charge on any atom is 0.234 e. The summed E-state index contributed by atoms with van der Waals surface area (Å²) in [5.74, 6) is 1.08. The Balaban J connectivity index is 2.00. The van der Waals surface area contributed by atoms with Crippen molar-refractivity contribution in [3.8, 4) is 0 Å². The van der Waals surface area contributed by atoms with Crippen molar-refractivity contribution in [3.05, 3.63) is 0 Å². The summed E-state index contributed by atoms with van der Waals surface area (Å²) in [5, 5.41) is 15.6. The van der Waals surface area contributed by atoms with Crippen LogP contribution in [-0.4, -0.2) is 34.0 Å². The average Bonchev–Trinajstić information content (AvgIpc) is 2.75. The van der Waals surface area contributed by atoms with Crippen LogP contribution in [0.15, 0.2) is 5.16 Å². The molecule has 0 aliphatic heterocycles. The van der Waals surface area contributed by atoms with E-state index in [4.69, 9.17) is 10.9 Å². The van der Waals surface area contributed by atoms with E-state index in [1.54, 1.807) is 0 Å². The van der Waals surface area contributed by atoms with Gasteiger partial charge in [-0.05, 0) is 31.4 Å². The molecule has 0 bridgehead atoms. The molecule has 2 aliphatic carbocycles. The number of rotatable bonds is 5. The van der Waals surface area contributed by atoms with Crippen molar-refractivity contribution < 1.29 is 10.0 Å². The van der Waals surface area contributed by atoms with Gasteiger partial charge >= 0.3 is 0 Å². The Hall–Kier alpha value is -0.910. The first kappa shape index (κ1) is 14.5. The maximum absolute atomic E-state index is 12.5. The largest absolute Gasteiger partial charge is 0.409 e. The lowest BCUT2D eigenvalue weighted by Gasteiger charge is -2.39. The molecule has 6 heteroatoms. The summed E-state index contributed by atoms with van der Waals surface area (Å²) in [7, 11) is 0. The molecule has 2 fully saturated rings. The van der Waals surface area contributed by atoms with E-state index in [-0.39, 0.29) is 17.8 Å². The predicted octanol–water partition coefficient (Wildman–Crippen LogP) is 1.69. The van der Waals surface area contributed by atoms with Gasteiger partial charge in [0.25, 0.3) is 0 Å². The lowest BCUT2D eigenvalue weighted by molar-refractivity contribution is -0.131. The smallest absolute Gasteiger partial charge is 0.234 e. The summed E-state index contributed by atoms with van der Waals surface area (Å²) in [5.41, 5.74) is 4.96. The number of nitrogens with one attached hydrogen (secondary N) is 1. The molecule has 0 spiro atoms. The Labute approximate surface area is 118 Å². The number of hydrogen-bond donors (Lipinski definition) is 3. The Morgan fingerprint density at radius 1 is 1.47 bits per heavy atom. The molecule has 0 aromatic heterocycles. The maximum atomic E-state index is 12.5. The quantitative estimate of drug-likeness (QED) is 0.310. The minimum Gasteiger partial charge on any atom is -0.409 e. The fourth-order valence-corrected chi connectivity index (χ4v) is 4.23. The van der Waals surface area contributed by atoms with Crippen LogP contribution in [0.4, 0.5) is 0 Å². The topological polar surface area (TPSA) is 87.7 Å². The second-order valence-electron chi connectivity index (χ2n) is 5.43. The lowest BCUT2D eigenvalue weighted by atomic mass is 9.67. The van der Waals surface area contributed by atoms with Gasteiger partial charge < -0.3 is 16.3 Å². The molecule has 2 unspecified atom stereocenters. The molecular weight excluding hydrogens is 262 g/mol. The van der Waals surface area contributed by atoms with Crippen molar-refractivity contribution in [1.82, 2.24) is 5.32 Å². The highest BCUT2D eigenvalue weighted by atomic mass is 32.2. The average molecular weight is 285 g/mol. The normalized spacial score (nSPS) is 29.8. The number of nitrogens with two attached hydrogens (primary N) is 1. The molecule has 2 rings (SSSR count). The summed E-state index contributed by atoms with van der Waals surface area (Å²) < 4.78 is 0. The van der Waals surface area contributed by atoms with Crippen molar-refractivity contribution in [3.63, 3.8) is 0 Å². The number of amidine groups is 1. The van der Waals surface area contributed by atoms with Gasteiger partial charge in [0.05, 0.1) is 0 Å². The van der Waals surface area contributed by atoms with Crippen molar-refractivity contribution in [2.24, 2.45) is 16.3 Å². The summed E-state index contributed by atoms with van der Waals surface area (Å²) in [6.07, 6.45) is 5.70. The van der Waals surface area contributed by atoms with Crippen LogP contribution in [-0.2, 0) is 4.79 Å². The summed E-state index contributed by atoms with van der Waals surface area (Å²) >= 11 is 1.91. The van der Waals surface area contributed by atoms with E-state index in [2.05, 4.69) is 17.4 Å². The molecule has 5 nitrogen and oxygen atoms in total. The highest BCUT2D eigenvalue weighted by Gasteiger charge is 2.49. The van der Waals surface area contributed by atoms with Crippen LogP contribution >= 0.6 is 11.8 Å². The van der Waals surface area contributed by atoms with Crippen LogP contribution in [0.3, 0.4) is 0 Å². The molecule has 2 atom stereocenters. The Morgan fingerprint density at radius 2 is 2.21 bits per heavy atom. The first-order valence-corrected chi connectivity index (χ1v) is 8.09. The molecule has 4 N–H and O–H groups in total. The standard InChI is InChI=1S/C13H23N3O2S/c1-2-19-10-6-3-5-9(10)15-12(17)13(7-4-8-13)11(14)16-18/h9-10,18H,2-8H2,1H3,(H2,14,16)(H,15,17). The van der Waals surface area contributed by atoms with Crippen LogP contribution in [0.25, 0.3) is 0 Å². The number of amides is 1. The molecular formula is C13H23N3O2S. The SMILES string of the molecule is CCSC1CCCC1NC(=O)C1(C(N)=NO)CCC1. The third-order valence-electron chi connectivity index (χ3n) is 4.39. The predicted molar refractivity (Wildman–Crippen MR) is 77.4 cm³/mol. The minimum absolute atomic E-state index is 0.0531. The summed E-state index contributed by atoms with van der Waals surface area (Å²) in [6.45, 7) is 2.14. The zero-order valence-electron chi connectivity index (χ0n) is 11.4. The molecule has 2 saturated carbocycles. The van der Waals surface area contributed by atoms with E-state index in [0.717, 1.165) is 18.6 Å². The van der Waals surface area contributed by atoms with E-state index < -0.39 is 5.41 Å². The zero-order chi connectivity index (χ0) is 13.9. The second kappa shape index (κ2) is 6.03. The number of hydrogen-bond acceptors (Lipinski definition) is 4. The second-order valence-corrected chi connectivity index (χ2v) is 6.94. The van der Waals surface area contributed by atoms with E-state index in [0.29, 0.717) is 18.1 Å². The van der Waals surface area contributed by atoms with Gasteiger partial charge in [-0.2, -0.15) is 11.8 Å². The highest BCUT2D eigenvalue weighted by molar-refractivity contribution is 7.99. The molecule has 0 heterocycles. The zero-order valence-corrected chi connectivity index (χ0v) is 12.2. The van der Waals surface area contributed by atoms with Crippen molar-refractivity contribution >= 4 is 23.5 Å². The first-order valence-electron chi connectivity index (χ1n) is 7.04. The monoisotopic (exact) mass is 285 g/mol. The van der Waals surface area contributed by atoms with E-state index in [1.807, 2.05) is 11.8 Å². The number of nitrogens with zero attached hydrogens (tertiary/aromatic N) is 1. The van der Waals surface area contributed by atoms with Crippen molar-refractivity contribution in [2.75, 3.05) is 5.75 Å². The van der Waals surface area contributed by atoms with Gasteiger partial charge in [-0.1, -0.05) is 24.9 Å². The van der Waals surface area contributed by atoms with Crippen LogP contribution in [0.1, 0.15) is 45.4 Å². The van der Waals surface area contributed by atoms with Gasteiger partial charge in [-0.15, -0.1) is 0 Å². The van der Waals surface area contributed by atoms with Crippen molar-refractivity contribution in [2.45, 2.75) is 56.7 Å². The van der Waals surface area contributed by atoms with Gasteiger partial charge in [-0.25, -0.2) is 0 Å². The molecule has 2 aliphatic rings. The van der Waals surface area contributed by atoms with Gasteiger partial charge in [0, 0.05) is 11.3 Å². The number of oxime groups is 1. The summed E-state index contributed by atoms with van der Waals surface area (Å²) in [4.78, 5) is 12.5. The molecule has 19 heavy (non-hydrogen) atoms. The van der Waals surface area contributed by atoms with Crippen LogP contribution in [0, 0.1) is 5.41 Å². The Kier molecular flexibility index (Phi) is 4.60. The van der Waals surface area contributed by atoms with Crippen molar-refractivity contribution in [1.29, 1.82) is 0 Å². The van der Waals surface area contributed by atoms with E-state index in [9.17, 15) is 4.79 Å². The molecule has 0 saturated heterocycles. The lowest BCUT2D eigenvalue weighted by Crippen LogP contribution is -2.56. The fraction of sp³-hybridized carbons (Fsp3) is 0.846. The molecule has 0 radical (unpaired) electrons. The van der Waals surface area contributed by atoms with Gasteiger partial charge in [0.1, 0.15) is 5.41 Å². The fourth-order valence-electron chi connectivity index (χ4n) is 3.04. The summed E-state index contributed by atoms with van der Waals surface area (Å²) in [6, 6.07) is 0.237. The number of thioether (sulfide) groups is 1. The highest BCUT2D eigenvalue weighted by Crippen LogP contribution is 2.42. The van der Waals surface area contributed by atoms with Gasteiger partial charge in [-0.3, -0.25) is 4.79 Å². The van der Waals surface area contributed by atoms with Gasteiger partial charge in [0.15, 0.2) is 5.84 Å². The van der Waals surface area contributed by atoms with Crippen LogP contribution in [0.2, 0.25) is 0 Å². The van der Waals surface area contributed by atoms with E-state index in [1.165, 1.54) is 12.8 Å². The van der Waals surface area contributed by atoms with Crippen LogP contribution < -0.4 is 11.1 Å². The number of carbonyl (C=O) groups is 1. The first-order chi connectivity index (χ1) is 9.14. The third-order valence-corrected chi connectivity index (χ3v) is 5.72. The molecule has 0 aromatic rings. The minimum atomic E-state index is -0.751. The van der Waals surface area contributed by atoms with E-state index >= 15 is 0 Å². The van der Waals surface area contributed by atoms with Gasteiger partial charge in [0.2, 0.25) is 5.91 Å². The Bertz CT molecular complexity index is 369. The number of carbonyl (C=O) groups excluding carboxylic acids is 1. The molecule has 0 aromatic carbocycles. The van der Waals surface area contributed by atoms with Crippen LogP contribution in [0.5, 0.6) is 0 Å². The third kappa shape index (κ3) is 2.68.